The van der Waals surface area contributed by atoms with Crippen LogP contribution in [0, 0.1) is 10.1 Å². The van der Waals surface area contributed by atoms with Gasteiger partial charge in [-0.2, -0.15) is 0 Å². The summed E-state index contributed by atoms with van der Waals surface area (Å²) in [5.74, 6) is -1.29. The van der Waals surface area contributed by atoms with Gasteiger partial charge < -0.3 is 9.67 Å². The average Bonchev–Trinajstić information content (AvgIpc) is 2.42. The highest BCUT2D eigenvalue weighted by atomic mass is 79.9. The molecule has 2 rings (SSSR count). The average molecular weight is 353 g/mol. The summed E-state index contributed by atoms with van der Waals surface area (Å²) < 4.78 is 2.06. The largest absolute Gasteiger partial charge is 0.477 e. The number of pyridine rings is 1. The minimum absolute atomic E-state index is 0.0447. The van der Waals surface area contributed by atoms with Crippen molar-refractivity contribution in [3.8, 4) is 0 Å². The van der Waals surface area contributed by atoms with E-state index in [4.69, 9.17) is 5.11 Å². The number of benzene rings is 1. The van der Waals surface area contributed by atoms with Crippen molar-refractivity contribution >= 4 is 27.6 Å². The molecule has 1 aromatic carbocycles. The number of nitrogens with zero attached hydrogens (tertiary/aromatic N) is 2. The van der Waals surface area contributed by atoms with Crippen LogP contribution in [0.3, 0.4) is 0 Å². The van der Waals surface area contributed by atoms with E-state index >= 15 is 0 Å². The molecule has 108 valence electrons. The fourth-order valence-corrected chi connectivity index (χ4v) is 2.25. The van der Waals surface area contributed by atoms with Crippen molar-refractivity contribution in [2.75, 3.05) is 0 Å². The molecule has 0 aliphatic carbocycles. The number of carbonyl (C=O) groups is 1. The van der Waals surface area contributed by atoms with Crippen LogP contribution < -0.4 is 5.43 Å². The first-order chi connectivity index (χ1) is 9.88. The van der Waals surface area contributed by atoms with Crippen LogP contribution in [0.1, 0.15) is 15.9 Å². The van der Waals surface area contributed by atoms with Crippen molar-refractivity contribution in [3.05, 3.63) is 72.6 Å². The van der Waals surface area contributed by atoms with E-state index in [9.17, 15) is 19.7 Å². The van der Waals surface area contributed by atoms with E-state index in [0.29, 0.717) is 4.47 Å². The first-order valence-corrected chi connectivity index (χ1v) is 6.54. The zero-order chi connectivity index (χ0) is 15.6. The summed E-state index contributed by atoms with van der Waals surface area (Å²) in [6.45, 7) is 0.277. The number of hydrogen-bond acceptors (Lipinski definition) is 4. The highest BCUT2D eigenvalue weighted by Gasteiger charge is 2.11. The molecule has 0 saturated carbocycles. The maximum Gasteiger partial charge on any atom is 0.341 e. The fourth-order valence-electron chi connectivity index (χ4n) is 1.76. The lowest BCUT2D eigenvalue weighted by molar-refractivity contribution is -0.384. The Morgan fingerprint density at radius 1 is 1.38 bits per heavy atom. The molecule has 0 saturated heterocycles. The second-order valence-corrected chi connectivity index (χ2v) is 5.09. The maximum atomic E-state index is 11.4. The molecule has 8 heteroatoms. The second-order valence-electron chi connectivity index (χ2n) is 4.23. The van der Waals surface area contributed by atoms with E-state index in [2.05, 4.69) is 15.9 Å². The first kappa shape index (κ1) is 14.9. The Labute approximate surface area is 126 Å². The van der Waals surface area contributed by atoms with Gasteiger partial charge in [-0.15, -0.1) is 0 Å². The smallest absolute Gasteiger partial charge is 0.341 e. The molecule has 0 fully saturated rings. The van der Waals surface area contributed by atoms with Gasteiger partial charge in [-0.05, 0) is 11.6 Å². The molecule has 1 aromatic heterocycles. The molecule has 0 aliphatic heterocycles. The van der Waals surface area contributed by atoms with Crippen LogP contribution in [-0.2, 0) is 6.54 Å². The van der Waals surface area contributed by atoms with Crippen LogP contribution in [0.15, 0.2) is 45.9 Å². The third-order valence-corrected chi connectivity index (χ3v) is 3.55. The fraction of sp³-hybridized carbons (Fsp3) is 0.0769. The van der Waals surface area contributed by atoms with Crippen molar-refractivity contribution in [3.63, 3.8) is 0 Å². The van der Waals surface area contributed by atoms with Crippen LogP contribution in [0.4, 0.5) is 5.69 Å². The number of aromatic nitrogens is 1. The SMILES string of the molecule is O=C(O)c1cn(Cc2ccc([N+](=O)[O-])cc2Br)ccc1=O. The van der Waals surface area contributed by atoms with Gasteiger partial charge in [0.15, 0.2) is 5.43 Å². The number of rotatable bonds is 4. The van der Waals surface area contributed by atoms with Gasteiger partial charge in [-0.3, -0.25) is 14.9 Å². The van der Waals surface area contributed by atoms with Gasteiger partial charge in [0.05, 0.1) is 4.92 Å². The molecular formula is C13H9BrN2O5. The number of nitro benzene ring substituents is 1. The third-order valence-electron chi connectivity index (χ3n) is 2.81. The molecule has 1 N–H and O–H groups in total. The van der Waals surface area contributed by atoms with Crippen molar-refractivity contribution in [1.82, 2.24) is 4.57 Å². The summed E-state index contributed by atoms with van der Waals surface area (Å²) in [6.07, 6.45) is 2.70. The second kappa shape index (κ2) is 5.88. The number of carboxylic acid groups (broad SMARTS) is 1. The number of carboxylic acids is 1. The van der Waals surface area contributed by atoms with E-state index in [1.54, 1.807) is 6.07 Å². The van der Waals surface area contributed by atoms with Gasteiger partial charge in [0, 0.05) is 41.6 Å². The minimum Gasteiger partial charge on any atom is -0.477 e. The zero-order valence-electron chi connectivity index (χ0n) is 10.5. The summed E-state index contributed by atoms with van der Waals surface area (Å²) in [4.78, 5) is 32.4. The van der Waals surface area contributed by atoms with E-state index in [1.807, 2.05) is 0 Å². The number of nitro groups is 1. The van der Waals surface area contributed by atoms with Gasteiger partial charge in [0.2, 0.25) is 0 Å². The number of non-ortho nitro benzene ring substituents is 1. The Hall–Kier alpha value is -2.48. The lowest BCUT2D eigenvalue weighted by Gasteiger charge is -2.09. The standard InChI is InChI=1S/C13H9BrN2O5/c14-11-5-9(16(20)21)2-1-8(11)6-15-4-3-12(17)10(7-15)13(18)19/h1-5,7H,6H2,(H,18,19). The van der Waals surface area contributed by atoms with Crippen LogP contribution in [0.25, 0.3) is 0 Å². The Bertz CT molecular complexity index is 784. The molecule has 21 heavy (non-hydrogen) atoms. The Kier molecular flexibility index (Phi) is 4.18. The zero-order valence-corrected chi connectivity index (χ0v) is 12.1. The predicted molar refractivity (Wildman–Crippen MR) is 77.6 cm³/mol. The highest BCUT2D eigenvalue weighted by molar-refractivity contribution is 9.10. The van der Waals surface area contributed by atoms with Gasteiger partial charge in [-0.1, -0.05) is 15.9 Å². The van der Waals surface area contributed by atoms with E-state index in [0.717, 1.165) is 5.56 Å². The highest BCUT2D eigenvalue weighted by Crippen LogP contribution is 2.23. The van der Waals surface area contributed by atoms with Crippen molar-refractivity contribution in [1.29, 1.82) is 0 Å². The molecule has 0 unspecified atom stereocenters. The summed E-state index contributed by atoms with van der Waals surface area (Å²) in [7, 11) is 0. The number of aromatic carboxylic acids is 1. The molecule has 7 nitrogen and oxygen atoms in total. The molecule has 0 spiro atoms. The summed E-state index contributed by atoms with van der Waals surface area (Å²) in [6, 6.07) is 5.47. The quantitative estimate of drug-likeness (QED) is 0.671. The van der Waals surface area contributed by atoms with Crippen molar-refractivity contribution < 1.29 is 14.8 Å². The number of halogens is 1. The number of hydrogen-bond donors (Lipinski definition) is 1. The molecule has 1 heterocycles. The topological polar surface area (TPSA) is 102 Å². The lowest BCUT2D eigenvalue weighted by Crippen LogP contribution is -2.16. The summed E-state index contributed by atoms with van der Waals surface area (Å²) in [5, 5.41) is 19.6. The van der Waals surface area contributed by atoms with E-state index in [-0.39, 0.29) is 17.8 Å². The Balaban J connectivity index is 2.34. The van der Waals surface area contributed by atoms with Crippen molar-refractivity contribution in [2.24, 2.45) is 0 Å². The van der Waals surface area contributed by atoms with Crippen LogP contribution in [0.2, 0.25) is 0 Å². The van der Waals surface area contributed by atoms with Crippen molar-refractivity contribution in [2.45, 2.75) is 6.54 Å². The first-order valence-electron chi connectivity index (χ1n) is 5.74. The normalized spacial score (nSPS) is 10.3. The van der Waals surface area contributed by atoms with Gasteiger partial charge in [0.1, 0.15) is 5.56 Å². The summed E-state index contributed by atoms with van der Waals surface area (Å²) >= 11 is 3.24. The molecule has 0 bridgehead atoms. The van der Waals surface area contributed by atoms with Gasteiger partial charge in [-0.25, -0.2) is 4.79 Å². The molecular weight excluding hydrogens is 344 g/mol. The lowest BCUT2D eigenvalue weighted by atomic mass is 10.2. The van der Waals surface area contributed by atoms with Gasteiger partial charge in [0.25, 0.3) is 5.69 Å². The Morgan fingerprint density at radius 2 is 2.10 bits per heavy atom. The molecule has 0 atom stereocenters. The van der Waals surface area contributed by atoms with Crippen LogP contribution >= 0.6 is 15.9 Å². The molecule has 0 aliphatic rings. The van der Waals surface area contributed by atoms with E-state index < -0.39 is 16.3 Å². The minimum atomic E-state index is -1.29. The molecule has 2 aromatic rings. The third kappa shape index (κ3) is 3.34. The van der Waals surface area contributed by atoms with Gasteiger partial charge >= 0.3 is 5.97 Å². The molecule has 0 radical (unpaired) electrons. The van der Waals surface area contributed by atoms with Crippen LogP contribution in [0.5, 0.6) is 0 Å². The molecule has 0 amide bonds. The summed E-state index contributed by atoms with van der Waals surface area (Å²) in [5.41, 5.74) is -0.214. The Morgan fingerprint density at radius 3 is 2.67 bits per heavy atom. The maximum absolute atomic E-state index is 11.4. The van der Waals surface area contributed by atoms with Crippen LogP contribution in [-0.4, -0.2) is 20.6 Å². The monoisotopic (exact) mass is 352 g/mol. The van der Waals surface area contributed by atoms with E-state index in [1.165, 1.54) is 35.2 Å². The predicted octanol–water partition coefficient (Wildman–Crippen LogP) is 2.27.